The van der Waals surface area contributed by atoms with E-state index in [1.165, 1.54) is 16.7 Å². The highest BCUT2D eigenvalue weighted by Crippen LogP contribution is 2.35. The SMILES string of the molecule is Cc1nc(C(=O)N2C[C@H](NC(=O)OC(C)(C)C)C[C@@H]2c2nc(C(=O)O)cs2)cn1C. The fourth-order valence-corrected chi connectivity index (χ4v) is 4.14. The summed E-state index contributed by atoms with van der Waals surface area (Å²) in [6, 6.07) is -0.839. The summed E-state index contributed by atoms with van der Waals surface area (Å²) in [5.41, 5.74) is -0.429. The molecular formula is C19H25N5O5S. The fraction of sp³-hybridized carbons (Fsp3) is 0.526. The molecule has 0 aromatic carbocycles. The Morgan fingerprint density at radius 3 is 2.50 bits per heavy atom. The van der Waals surface area contributed by atoms with Crippen molar-refractivity contribution in [1.82, 2.24) is 24.8 Å². The predicted molar refractivity (Wildman–Crippen MR) is 109 cm³/mol. The van der Waals surface area contributed by atoms with Crippen molar-refractivity contribution in [2.24, 2.45) is 7.05 Å². The van der Waals surface area contributed by atoms with Crippen LogP contribution >= 0.6 is 11.3 Å². The number of aromatic carboxylic acids is 1. The molecule has 0 spiro atoms. The first-order valence-corrected chi connectivity index (χ1v) is 10.3. The number of nitrogens with one attached hydrogen (secondary N) is 1. The Kier molecular flexibility index (Phi) is 5.84. The Balaban J connectivity index is 1.85. The Morgan fingerprint density at radius 2 is 1.97 bits per heavy atom. The lowest BCUT2D eigenvalue weighted by atomic mass is 10.1. The second kappa shape index (κ2) is 8.05. The highest BCUT2D eigenvalue weighted by Gasteiger charge is 2.40. The standard InChI is InChI=1S/C19H25N5O5S/c1-10-20-12(8-23(10)5)16(25)24-7-11(21-18(28)29-19(2,3)4)6-14(24)15-22-13(9-30-15)17(26)27/h8-9,11,14H,6-7H2,1-5H3,(H,21,28)(H,26,27)/t11-,14-/m1/s1. The minimum atomic E-state index is -1.13. The van der Waals surface area contributed by atoms with Crippen molar-refractivity contribution < 1.29 is 24.2 Å². The molecule has 0 bridgehead atoms. The minimum absolute atomic E-state index is 0.0698. The van der Waals surface area contributed by atoms with Crippen LogP contribution in [0.15, 0.2) is 11.6 Å². The number of carboxylic acid groups (broad SMARTS) is 1. The molecule has 0 saturated carbocycles. The third-order valence-electron chi connectivity index (χ3n) is 4.64. The number of hydrogen-bond acceptors (Lipinski definition) is 7. The molecule has 0 unspecified atom stereocenters. The fourth-order valence-electron chi connectivity index (χ4n) is 3.22. The van der Waals surface area contributed by atoms with E-state index >= 15 is 0 Å². The first kappa shape index (κ1) is 21.8. The summed E-state index contributed by atoms with van der Waals surface area (Å²) in [4.78, 5) is 46.6. The monoisotopic (exact) mass is 435 g/mol. The molecule has 2 N–H and O–H groups in total. The molecule has 30 heavy (non-hydrogen) atoms. The maximum Gasteiger partial charge on any atom is 0.407 e. The first-order valence-electron chi connectivity index (χ1n) is 9.43. The first-order chi connectivity index (χ1) is 13.9. The number of aromatic nitrogens is 3. The van der Waals surface area contributed by atoms with Gasteiger partial charge in [0.25, 0.3) is 5.91 Å². The van der Waals surface area contributed by atoms with E-state index in [1.807, 2.05) is 0 Å². The molecule has 3 rings (SSSR count). The molecule has 1 aliphatic rings. The number of alkyl carbamates (subject to hydrolysis) is 1. The smallest absolute Gasteiger partial charge is 0.407 e. The zero-order valence-electron chi connectivity index (χ0n) is 17.5. The van der Waals surface area contributed by atoms with Gasteiger partial charge in [-0.3, -0.25) is 4.79 Å². The number of carbonyl (C=O) groups is 3. The molecule has 3 heterocycles. The summed E-state index contributed by atoms with van der Waals surface area (Å²) < 4.78 is 7.07. The van der Waals surface area contributed by atoms with E-state index in [4.69, 9.17) is 4.74 Å². The Hall–Kier alpha value is -2.95. The summed E-state index contributed by atoms with van der Waals surface area (Å²) in [5, 5.41) is 13.9. The Labute approximate surface area is 177 Å². The second-order valence-corrected chi connectivity index (χ2v) is 9.10. The van der Waals surface area contributed by atoms with Crippen molar-refractivity contribution in [3.05, 3.63) is 33.8 Å². The van der Waals surface area contributed by atoms with Crippen LogP contribution in [0.3, 0.4) is 0 Å². The van der Waals surface area contributed by atoms with Crippen molar-refractivity contribution >= 4 is 29.3 Å². The minimum Gasteiger partial charge on any atom is -0.476 e. The summed E-state index contributed by atoms with van der Waals surface area (Å²) >= 11 is 1.18. The second-order valence-electron chi connectivity index (χ2n) is 8.21. The van der Waals surface area contributed by atoms with Crippen LogP contribution in [0, 0.1) is 6.92 Å². The summed E-state index contributed by atoms with van der Waals surface area (Å²) in [6.07, 6.45) is 1.47. The van der Waals surface area contributed by atoms with Gasteiger partial charge in [-0.05, 0) is 34.1 Å². The third kappa shape index (κ3) is 4.78. The molecule has 1 aliphatic heterocycles. The number of ether oxygens (including phenoxy) is 1. The molecular weight excluding hydrogens is 410 g/mol. The van der Waals surface area contributed by atoms with Crippen LogP contribution in [0.4, 0.5) is 4.79 Å². The van der Waals surface area contributed by atoms with E-state index in [9.17, 15) is 19.5 Å². The number of aryl methyl sites for hydroxylation is 2. The van der Waals surface area contributed by atoms with Gasteiger partial charge >= 0.3 is 12.1 Å². The lowest BCUT2D eigenvalue weighted by molar-refractivity contribution is 0.0501. The molecule has 162 valence electrons. The number of rotatable bonds is 4. The van der Waals surface area contributed by atoms with Crippen molar-refractivity contribution in [3.63, 3.8) is 0 Å². The molecule has 2 amide bonds. The summed E-state index contributed by atoms with van der Waals surface area (Å²) in [5.74, 6) is -0.735. The van der Waals surface area contributed by atoms with E-state index in [-0.39, 0.29) is 29.9 Å². The van der Waals surface area contributed by atoms with E-state index in [0.29, 0.717) is 17.3 Å². The molecule has 1 saturated heterocycles. The van der Waals surface area contributed by atoms with Gasteiger partial charge < -0.3 is 24.6 Å². The van der Waals surface area contributed by atoms with Crippen LogP contribution in [-0.2, 0) is 11.8 Å². The van der Waals surface area contributed by atoms with Crippen LogP contribution in [0.2, 0.25) is 0 Å². The highest BCUT2D eigenvalue weighted by atomic mass is 32.1. The number of carboxylic acids is 1. The number of hydrogen-bond donors (Lipinski definition) is 2. The largest absolute Gasteiger partial charge is 0.476 e. The Bertz CT molecular complexity index is 957. The van der Waals surface area contributed by atoms with E-state index < -0.39 is 23.7 Å². The van der Waals surface area contributed by atoms with Gasteiger partial charge in [-0.1, -0.05) is 0 Å². The van der Waals surface area contributed by atoms with Gasteiger partial charge in [0.05, 0.1) is 12.1 Å². The van der Waals surface area contributed by atoms with Crippen molar-refractivity contribution in [3.8, 4) is 0 Å². The molecule has 2 atom stereocenters. The number of nitrogens with zero attached hydrogens (tertiary/aromatic N) is 4. The summed E-state index contributed by atoms with van der Waals surface area (Å²) in [7, 11) is 1.80. The van der Waals surface area contributed by atoms with Crippen LogP contribution in [0.1, 0.15) is 65.0 Å². The van der Waals surface area contributed by atoms with Gasteiger partial charge in [-0.25, -0.2) is 19.6 Å². The molecule has 0 aliphatic carbocycles. The highest BCUT2D eigenvalue weighted by molar-refractivity contribution is 7.09. The number of amides is 2. The molecule has 0 radical (unpaired) electrons. The van der Waals surface area contributed by atoms with Gasteiger partial charge in [-0.2, -0.15) is 0 Å². The van der Waals surface area contributed by atoms with Crippen molar-refractivity contribution in [2.75, 3.05) is 6.54 Å². The van der Waals surface area contributed by atoms with Gasteiger partial charge in [-0.15, -0.1) is 11.3 Å². The van der Waals surface area contributed by atoms with Gasteiger partial charge in [0.2, 0.25) is 0 Å². The van der Waals surface area contributed by atoms with Crippen LogP contribution in [-0.4, -0.2) is 60.7 Å². The molecule has 11 heteroatoms. The third-order valence-corrected chi connectivity index (χ3v) is 5.58. The maximum absolute atomic E-state index is 13.2. The van der Waals surface area contributed by atoms with E-state index in [0.717, 1.165) is 0 Å². The van der Waals surface area contributed by atoms with Crippen molar-refractivity contribution in [2.45, 2.75) is 51.8 Å². The van der Waals surface area contributed by atoms with Gasteiger partial charge in [0, 0.05) is 25.2 Å². The normalized spacial score (nSPS) is 19.0. The average Bonchev–Trinajstić information content (AvgIpc) is 3.31. The lowest BCUT2D eigenvalue weighted by Gasteiger charge is -2.22. The number of carbonyl (C=O) groups excluding carboxylic acids is 2. The topological polar surface area (TPSA) is 127 Å². The molecule has 2 aromatic heterocycles. The predicted octanol–water partition coefficient (Wildman–Crippen LogP) is 2.36. The molecule has 2 aromatic rings. The quantitative estimate of drug-likeness (QED) is 0.755. The average molecular weight is 436 g/mol. The molecule has 1 fully saturated rings. The molecule has 10 nitrogen and oxygen atoms in total. The van der Waals surface area contributed by atoms with E-state index in [1.54, 1.807) is 50.4 Å². The van der Waals surface area contributed by atoms with Crippen molar-refractivity contribution in [1.29, 1.82) is 0 Å². The van der Waals surface area contributed by atoms with Crippen LogP contribution in [0.25, 0.3) is 0 Å². The lowest BCUT2D eigenvalue weighted by Crippen LogP contribution is -2.41. The number of imidazole rings is 1. The van der Waals surface area contributed by atoms with Gasteiger partial charge in [0.15, 0.2) is 5.69 Å². The van der Waals surface area contributed by atoms with Crippen LogP contribution in [0.5, 0.6) is 0 Å². The Morgan fingerprint density at radius 1 is 1.27 bits per heavy atom. The van der Waals surface area contributed by atoms with E-state index in [2.05, 4.69) is 15.3 Å². The van der Waals surface area contributed by atoms with Crippen LogP contribution < -0.4 is 5.32 Å². The maximum atomic E-state index is 13.2. The zero-order valence-corrected chi connectivity index (χ0v) is 18.3. The number of likely N-dealkylation sites (tertiary alicyclic amines) is 1. The van der Waals surface area contributed by atoms with Gasteiger partial charge in [0.1, 0.15) is 22.1 Å². The number of thiazole rings is 1. The zero-order chi connectivity index (χ0) is 22.2. The summed E-state index contributed by atoms with van der Waals surface area (Å²) in [6.45, 7) is 7.34.